The standard InChI is InChI=1S/C19H36O3/c1-3-5-6-7-8-9-10-11-14-18(20)15-12-13-16-19(21)22-17-4-2/h3-17H2,1-2H3. The van der Waals surface area contributed by atoms with Crippen LogP contribution in [0.15, 0.2) is 0 Å². The molecule has 0 radical (unpaired) electrons. The van der Waals surface area contributed by atoms with Gasteiger partial charge in [-0.25, -0.2) is 0 Å². The van der Waals surface area contributed by atoms with E-state index in [0.717, 1.165) is 32.1 Å². The molecule has 3 heteroatoms. The Hall–Kier alpha value is -0.860. The van der Waals surface area contributed by atoms with E-state index in [1.54, 1.807) is 0 Å². The summed E-state index contributed by atoms with van der Waals surface area (Å²) in [6.07, 6.45) is 14.4. The average Bonchev–Trinajstić information content (AvgIpc) is 2.52. The van der Waals surface area contributed by atoms with E-state index in [-0.39, 0.29) is 5.97 Å². The Labute approximate surface area is 137 Å². The zero-order valence-corrected chi connectivity index (χ0v) is 14.8. The van der Waals surface area contributed by atoms with E-state index < -0.39 is 0 Å². The molecule has 0 aliphatic carbocycles. The SMILES string of the molecule is CCCCCCCCCCC(=O)CCCCC(=O)OCCC. The number of ketones is 1. The van der Waals surface area contributed by atoms with Gasteiger partial charge in [-0.2, -0.15) is 0 Å². The van der Waals surface area contributed by atoms with Gasteiger partial charge in [-0.1, -0.05) is 58.8 Å². The number of hydrogen-bond acceptors (Lipinski definition) is 3. The van der Waals surface area contributed by atoms with Crippen molar-refractivity contribution < 1.29 is 14.3 Å². The zero-order valence-electron chi connectivity index (χ0n) is 14.8. The summed E-state index contributed by atoms with van der Waals surface area (Å²) in [7, 11) is 0. The van der Waals surface area contributed by atoms with Crippen molar-refractivity contribution in [3.05, 3.63) is 0 Å². The molecule has 0 aliphatic rings. The maximum atomic E-state index is 11.7. The molecule has 0 spiro atoms. The summed E-state index contributed by atoms with van der Waals surface area (Å²) in [5, 5.41) is 0. The number of carbonyl (C=O) groups excluding carboxylic acids is 2. The molecular weight excluding hydrogens is 276 g/mol. The van der Waals surface area contributed by atoms with Crippen molar-refractivity contribution >= 4 is 11.8 Å². The molecule has 0 aliphatic heterocycles. The zero-order chi connectivity index (χ0) is 16.5. The Bertz CT molecular complexity index is 274. The van der Waals surface area contributed by atoms with Crippen molar-refractivity contribution in [2.45, 2.75) is 104 Å². The third-order valence-corrected chi connectivity index (χ3v) is 3.86. The topological polar surface area (TPSA) is 43.4 Å². The minimum Gasteiger partial charge on any atom is -0.466 e. The third kappa shape index (κ3) is 15.5. The summed E-state index contributed by atoms with van der Waals surface area (Å²) in [4.78, 5) is 23.0. The number of rotatable bonds is 16. The lowest BCUT2D eigenvalue weighted by Gasteiger charge is -2.04. The first kappa shape index (κ1) is 21.1. The highest BCUT2D eigenvalue weighted by Gasteiger charge is 2.05. The molecule has 0 heterocycles. The largest absolute Gasteiger partial charge is 0.466 e. The van der Waals surface area contributed by atoms with Crippen molar-refractivity contribution in [2.24, 2.45) is 0 Å². The minimum absolute atomic E-state index is 0.127. The van der Waals surface area contributed by atoms with Crippen LogP contribution < -0.4 is 0 Å². The molecule has 0 N–H and O–H groups in total. The fourth-order valence-corrected chi connectivity index (χ4v) is 2.46. The van der Waals surface area contributed by atoms with Gasteiger partial charge < -0.3 is 4.74 Å². The van der Waals surface area contributed by atoms with Crippen LogP contribution in [0, 0.1) is 0 Å². The molecule has 22 heavy (non-hydrogen) atoms. The summed E-state index contributed by atoms with van der Waals surface area (Å²) in [6.45, 7) is 4.73. The first-order valence-electron chi connectivity index (χ1n) is 9.38. The van der Waals surface area contributed by atoms with Crippen LogP contribution in [0.25, 0.3) is 0 Å². The van der Waals surface area contributed by atoms with E-state index in [2.05, 4.69) is 6.92 Å². The van der Waals surface area contributed by atoms with Gasteiger partial charge in [0.05, 0.1) is 6.61 Å². The summed E-state index contributed by atoms with van der Waals surface area (Å²) < 4.78 is 5.00. The van der Waals surface area contributed by atoms with Crippen molar-refractivity contribution in [2.75, 3.05) is 6.61 Å². The fourth-order valence-electron chi connectivity index (χ4n) is 2.46. The van der Waals surface area contributed by atoms with Gasteiger partial charge in [-0.3, -0.25) is 9.59 Å². The monoisotopic (exact) mass is 312 g/mol. The van der Waals surface area contributed by atoms with Crippen LogP contribution in [0.2, 0.25) is 0 Å². The number of ether oxygens (including phenoxy) is 1. The summed E-state index contributed by atoms with van der Waals surface area (Å²) in [6, 6.07) is 0. The Morgan fingerprint density at radius 3 is 1.73 bits per heavy atom. The van der Waals surface area contributed by atoms with E-state index in [1.165, 1.54) is 44.9 Å². The molecule has 0 rings (SSSR count). The van der Waals surface area contributed by atoms with Gasteiger partial charge in [-0.15, -0.1) is 0 Å². The van der Waals surface area contributed by atoms with Crippen LogP contribution in [-0.2, 0) is 14.3 Å². The molecule has 130 valence electrons. The molecular formula is C19H36O3. The average molecular weight is 312 g/mol. The molecule has 0 aromatic heterocycles. The van der Waals surface area contributed by atoms with Gasteiger partial charge in [0.15, 0.2) is 0 Å². The maximum Gasteiger partial charge on any atom is 0.305 e. The second-order valence-corrected chi connectivity index (χ2v) is 6.19. The van der Waals surface area contributed by atoms with E-state index in [9.17, 15) is 9.59 Å². The summed E-state index contributed by atoms with van der Waals surface area (Å²) in [5.41, 5.74) is 0. The van der Waals surface area contributed by atoms with Gasteiger partial charge in [-0.05, 0) is 25.7 Å². The van der Waals surface area contributed by atoms with Gasteiger partial charge >= 0.3 is 5.97 Å². The second-order valence-electron chi connectivity index (χ2n) is 6.19. The molecule has 0 aromatic carbocycles. The normalized spacial score (nSPS) is 10.6. The van der Waals surface area contributed by atoms with Crippen LogP contribution in [0.1, 0.15) is 104 Å². The maximum absolute atomic E-state index is 11.7. The van der Waals surface area contributed by atoms with Crippen molar-refractivity contribution in [1.82, 2.24) is 0 Å². The predicted octanol–water partition coefficient (Wildman–Crippen LogP) is 5.60. The van der Waals surface area contributed by atoms with Crippen LogP contribution in [0.4, 0.5) is 0 Å². The van der Waals surface area contributed by atoms with Gasteiger partial charge in [0.1, 0.15) is 5.78 Å². The Kier molecular flexibility index (Phi) is 15.9. The summed E-state index contributed by atoms with van der Waals surface area (Å²) in [5.74, 6) is 0.227. The van der Waals surface area contributed by atoms with Crippen LogP contribution in [-0.4, -0.2) is 18.4 Å². The van der Waals surface area contributed by atoms with Crippen molar-refractivity contribution in [1.29, 1.82) is 0 Å². The number of hydrogen-bond donors (Lipinski definition) is 0. The van der Waals surface area contributed by atoms with Gasteiger partial charge in [0.2, 0.25) is 0 Å². The lowest BCUT2D eigenvalue weighted by atomic mass is 10.0. The highest BCUT2D eigenvalue weighted by Crippen LogP contribution is 2.11. The first-order chi connectivity index (χ1) is 10.7. The van der Waals surface area contributed by atoms with E-state index >= 15 is 0 Å². The number of Topliss-reactive ketones (excluding diaryl/α,β-unsaturated/α-hetero) is 1. The van der Waals surface area contributed by atoms with Crippen LogP contribution in [0.3, 0.4) is 0 Å². The summed E-state index contributed by atoms with van der Waals surface area (Å²) >= 11 is 0. The highest BCUT2D eigenvalue weighted by molar-refractivity contribution is 5.78. The third-order valence-electron chi connectivity index (χ3n) is 3.86. The molecule has 0 aromatic rings. The lowest BCUT2D eigenvalue weighted by molar-refractivity contribution is -0.143. The molecule has 0 saturated heterocycles. The fraction of sp³-hybridized carbons (Fsp3) is 0.895. The molecule has 0 bridgehead atoms. The van der Waals surface area contributed by atoms with Crippen molar-refractivity contribution in [3.63, 3.8) is 0 Å². The van der Waals surface area contributed by atoms with Crippen LogP contribution >= 0.6 is 0 Å². The Morgan fingerprint density at radius 2 is 1.14 bits per heavy atom. The predicted molar refractivity (Wildman–Crippen MR) is 92.0 cm³/mol. The molecule has 0 saturated carbocycles. The lowest BCUT2D eigenvalue weighted by Crippen LogP contribution is -2.05. The molecule has 0 fully saturated rings. The van der Waals surface area contributed by atoms with E-state index in [1.807, 2.05) is 6.92 Å². The van der Waals surface area contributed by atoms with Gasteiger partial charge in [0.25, 0.3) is 0 Å². The molecule has 3 nitrogen and oxygen atoms in total. The van der Waals surface area contributed by atoms with Crippen molar-refractivity contribution in [3.8, 4) is 0 Å². The van der Waals surface area contributed by atoms with E-state index in [4.69, 9.17) is 4.74 Å². The Balaban J connectivity index is 3.27. The minimum atomic E-state index is -0.127. The molecule has 0 amide bonds. The number of esters is 1. The number of carbonyl (C=O) groups is 2. The highest BCUT2D eigenvalue weighted by atomic mass is 16.5. The second kappa shape index (κ2) is 16.5. The molecule has 0 unspecified atom stereocenters. The number of unbranched alkanes of at least 4 members (excludes halogenated alkanes) is 8. The van der Waals surface area contributed by atoms with Crippen LogP contribution in [0.5, 0.6) is 0 Å². The first-order valence-corrected chi connectivity index (χ1v) is 9.38. The Morgan fingerprint density at radius 1 is 0.636 bits per heavy atom. The molecule has 0 atom stereocenters. The quantitative estimate of drug-likeness (QED) is 0.275. The smallest absolute Gasteiger partial charge is 0.305 e. The van der Waals surface area contributed by atoms with E-state index in [0.29, 0.717) is 25.2 Å². The van der Waals surface area contributed by atoms with Gasteiger partial charge in [0, 0.05) is 19.3 Å².